The summed E-state index contributed by atoms with van der Waals surface area (Å²) in [5.41, 5.74) is 7.59. The van der Waals surface area contributed by atoms with Gasteiger partial charge in [-0.2, -0.15) is 0 Å². The molecule has 0 spiro atoms. The number of benzene rings is 1. The van der Waals surface area contributed by atoms with Crippen LogP contribution in [-0.4, -0.2) is 15.9 Å². The average Bonchev–Trinajstić information content (AvgIpc) is 2.36. The number of rotatable bonds is 3. The zero-order valence-corrected chi connectivity index (χ0v) is 10.3. The van der Waals surface area contributed by atoms with E-state index in [0.29, 0.717) is 0 Å². The summed E-state index contributed by atoms with van der Waals surface area (Å²) >= 11 is 0. The summed E-state index contributed by atoms with van der Waals surface area (Å²) in [5, 5.41) is 11.4. The lowest BCUT2D eigenvalue weighted by molar-refractivity contribution is -0.384. The van der Waals surface area contributed by atoms with Crippen LogP contribution in [0.2, 0.25) is 0 Å². The molecule has 0 saturated heterocycles. The highest BCUT2D eigenvalue weighted by molar-refractivity contribution is 5.81. The Morgan fingerprint density at radius 1 is 1.28 bits per heavy atom. The van der Waals surface area contributed by atoms with Crippen LogP contribution in [0.1, 0.15) is 25.5 Å². The number of hydrogen-bond acceptors (Lipinski definition) is 4. The van der Waals surface area contributed by atoms with Crippen LogP contribution in [0.25, 0.3) is 10.9 Å². The molecule has 0 bridgehead atoms. The van der Waals surface area contributed by atoms with Gasteiger partial charge in [-0.15, -0.1) is 0 Å². The summed E-state index contributed by atoms with van der Waals surface area (Å²) in [6.45, 7) is 3.95. The van der Waals surface area contributed by atoms with Crippen molar-refractivity contribution in [2.45, 2.75) is 25.8 Å². The van der Waals surface area contributed by atoms with Gasteiger partial charge in [-0.1, -0.05) is 13.0 Å². The van der Waals surface area contributed by atoms with Gasteiger partial charge >= 0.3 is 0 Å². The molecule has 0 aliphatic carbocycles. The molecule has 1 aromatic heterocycles. The molecular formula is C13H15N3O2. The van der Waals surface area contributed by atoms with E-state index in [2.05, 4.69) is 4.98 Å². The zero-order valence-electron chi connectivity index (χ0n) is 10.3. The van der Waals surface area contributed by atoms with E-state index in [1.807, 2.05) is 26.0 Å². The number of nitrogens with zero attached hydrogens (tertiary/aromatic N) is 2. The Morgan fingerprint density at radius 2 is 2.00 bits per heavy atom. The second-order valence-electron chi connectivity index (χ2n) is 4.52. The van der Waals surface area contributed by atoms with E-state index in [9.17, 15) is 10.1 Å². The van der Waals surface area contributed by atoms with E-state index in [1.165, 1.54) is 12.1 Å². The molecule has 2 rings (SSSR count). The van der Waals surface area contributed by atoms with Crippen LogP contribution in [0, 0.1) is 10.1 Å². The van der Waals surface area contributed by atoms with Crippen molar-refractivity contribution in [2.75, 3.05) is 0 Å². The van der Waals surface area contributed by atoms with E-state index in [4.69, 9.17) is 5.73 Å². The van der Waals surface area contributed by atoms with Crippen LogP contribution < -0.4 is 5.73 Å². The molecule has 0 aliphatic rings. The van der Waals surface area contributed by atoms with Crippen LogP contribution >= 0.6 is 0 Å². The molecule has 2 N–H and O–H groups in total. The number of hydrogen-bond donors (Lipinski definition) is 1. The maximum atomic E-state index is 10.7. The molecule has 5 nitrogen and oxygen atoms in total. The summed E-state index contributed by atoms with van der Waals surface area (Å²) < 4.78 is 0. The second-order valence-corrected chi connectivity index (χ2v) is 4.52. The van der Waals surface area contributed by atoms with Crippen molar-refractivity contribution in [1.29, 1.82) is 0 Å². The first-order valence-electron chi connectivity index (χ1n) is 5.79. The number of fused-ring (bicyclic) bond motifs is 1. The quantitative estimate of drug-likeness (QED) is 0.665. The fourth-order valence-corrected chi connectivity index (χ4v) is 1.77. The second kappa shape index (κ2) is 4.70. The number of pyridine rings is 1. The molecule has 0 radical (unpaired) electrons. The highest BCUT2D eigenvalue weighted by Gasteiger charge is 2.13. The average molecular weight is 245 g/mol. The molecule has 0 fully saturated rings. The molecule has 0 aliphatic heterocycles. The van der Waals surface area contributed by atoms with Crippen LogP contribution in [0.5, 0.6) is 0 Å². The topological polar surface area (TPSA) is 82.0 Å². The Kier molecular flexibility index (Phi) is 3.25. The fraction of sp³-hybridized carbons (Fsp3) is 0.308. The van der Waals surface area contributed by atoms with Gasteiger partial charge in [-0.25, -0.2) is 0 Å². The lowest BCUT2D eigenvalue weighted by Gasteiger charge is -2.15. The minimum atomic E-state index is -0.405. The minimum absolute atomic E-state index is 0.0213. The van der Waals surface area contributed by atoms with E-state index in [1.54, 1.807) is 6.07 Å². The molecule has 18 heavy (non-hydrogen) atoms. The van der Waals surface area contributed by atoms with Gasteiger partial charge in [0.1, 0.15) is 0 Å². The van der Waals surface area contributed by atoms with Gasteiger partial charge in [0.05, 0.1) is 10.4 Å². The lowest BCUT2D eigenvalue weighted by atomic mass is 9.99. The molecule has 2 atom stereocenters. The largest absolute Gasteiger partial charge is 0.327 e. The Balaban J connectivity index is 2.47. The van der Waals surface area contributed by atoms with E-state index >= 15 is 0 Å². The Hall–Kier alpha value is -2.01. The Labute approximate surface area is 105 Å². The first kappa shape index (κ1) is 12.4. The lowest BCUT2D eigenvalue weighted by Crippen LogP contribution is -2.23. The Morgan fingerprint density at radius 3 is 2.61 bits per heavy atom. The number of non-ortho nitro benzene ring substituents is 1. The number of nitro benzene ring substituents is 1. The number of nitro groups is 1. The van der Waals surface area contributed by atoms with E-state index in [-0.39, 0.29) is 17.6 Å². The summed E-state index contributed by atoms with van der Waals surface area (Å²) in [6.07, 6.45) is 0. The first-order chi connectivity index (χ1) is 8.49. The van der Waals surface area contributed by atoms with E-state index < -0.39 is 4.92 Å². The van der Waals surface area contributed by atoms with Gasteiger partial charge < -0.3 is 5.73 Å². The first-order valence-corrected chi connectivity index (χ1v) is 5.79. The van der Waals surface area contributed by atoms with Gasteiger partial charge in [0, 0.05) is 35.2 Å². The molecular weight excluding hydrogens is 230 g/mol. The van der Waals surface area contributed by atoms with Crippen molar-refractivity contribution in [3.8, 4) is 0 Å². The predicted molar refractivity (Wildman–Crippen MR) is 70.5 cm³/mol. The summed E-state index contributed by atoms with van der Waals surface area (Å²) in [5.74, 6) is 0.157. The molecule has 0 amide bonds. The normalized spacial score (nSPS) is 14.4. The minimum Gasteiger partial charge on any atom is -0.327 e. The SMILES string of the molecule is CC(N)C(C)c1ccc2cc([N+](=O)[O-])ccc2n1. The number of aromatic nitrogens is 1. The van der Waals surface area contributed by atoms with Gasteiger partial charge in [0.25, 0.3) is 5.69 Å². The van der Waals surface area contributed by atoms with Crippen molar-refractivity contribution in [2.24, 2.45) is 5.73 Å². The monoisotopic (exact) mass is 245 g/mol. The standard InChI is InChI=1S/C13H15N3O2/c1-8(9(2)14)12-5-3-10-7-11(16(17)18)4-6-13(10)15-12/h3-9H,14H2,1-2H3. The molecule has 2 aromatic rings. The van der Waals surface area contributed by atoms with Gasteiger partial charge in [0.15, 0.2) is 0 Å². The maximum absolute atomic E-state index is 10.7. The van der Waals surface area contributed by atoms with Gasteiger partial charge in [0.2, 0.25) is 0 Å². The van der Waals surface area contributed by atoms with E-state index in [0.717, 1.165) is 16.6 Å². The van der Waals surface area contributed by atoms with Crippen LogP contribution in [-0.2, 0) is 0 Å². The van der Waals surface area contributed by atoms with Crippen LogP contribution in [0.4, 0.5) is 5.69 Å². The molecule has 94 valence electrons. The third-order valence-electron chi connectivity index (χ3n) is 3.16. The third-order valence-corrected chi connectivity index (χ3v) is 3.16. The highest BCUT2D eigenvalue weighted by Crippen LogP contribution is 2.23. The molecule has 2 unspecified atom stereocenters. The third kappa shape index (κ3) is 2.31. The predicted octanol–water partition coefficient (Wildman–Crippen LogP) is 2.59. The molecule has 0 saturated carbocycles. The molecule has 5 heteroatoms. The van der Waals surface area contributed by atoms with Crippen molar-refractivity contribution < 1.29 is 4.92 Å². The fourth-order valence-electron chi connectivity index (χ4n) is 1.77. The summed E-state index contributed by atoms with van der Waals surface area (Å²) in [4.78, 5) is 14.8. The number of nitrogens with two attached hydrogens (primary N) is 1. The zero-order chi connectivity index (χ0) is 13.3. The summed E-state index contributed by atoms with van der Waals surface area (Å²) in [6, 6.07) is 8.42. The smallest absolute Gasteiger partial charge is 0.270 e. The van der Waals surface area contributed by atoms with Crippen molar-refractivity contribution >= 4 is 16.6 Å². The molecule has 1 aromatic carbocycles. The van der Waals surface area contributed by atoms with Crippen LogP contribution in [0.3, 0.4) is 0 Å². The van der Waals surface area contributed by atoms with Crippen molar-refractivity contribution in [3.63, 3.8) is 0 Å². The van der Waals surface area contributed by atoms with Gasteiger partial charge in [-0.05, 0) is 19.1 Å². The maximum Gasteiger partial charge on any atom is 0.270 e. The van der Waals surface area contributed by atoms with Gasteiger partial charge in [-0.3, -0.25) is 15.1 Å². The highest BCUT2D eigenvalue weighted by atomic mass is 16.6. The molecule has 1 heterocycles. The van der Waals surface area contributed by atoms with Crippen LogP contribution in [0.15, 0.2) is 30.3 Å². The summed E-state index contributed by atoms with van der Waals surface area (Å²) in [7, 11) is 0. The van der Waals surface area contributed by atoms with Crippen molar-refractivity contribution in [3.05, 3.63) is 46.1 Å². The van der Waals surface area contributed by atoms with Crippen molar-refractivity contribution in [1.82, 2.24) is 4.98 Å². The Bertz CT molecular complexity index is 596.